The van der Waals surface area contributed by atoms with Crippen molar-refractivity contribution in [1.82, 2.24) is 4.98 Å². The number of amides is 1. The first-order valence-corrected chi connectivity index (χ1v) is 6.53. The van der Waals surface area contributed by atoms with Gasteiger partial charge in [-0.05, 0) is 38.8 Å². The van der Waals surface area contributed by atoms with Gasteiger partial charge in [-0.15, -0.1) is 0 Å². The Morgan fingerprint density at radius 3 is 2.42 bits per heavy atom. The Morgan fingerprint density at radius 1 is 1.37 bits per heavy atom. The largest absolute Gasteiger partial charge is 0.478 e. The van der Waals surface area contributed by atoms with Crippen molar-refractivity contribution in [2.24, 2.45) is 5.92 Å². The molecule has 5 nitrogen and oxygen atoms in total. The van der Waals surface area contributed by atoms with Crippen LogP contribution in [0.15, 0.2) is 18.3 Å². The summed E-state index contributed by atoms with van der Waals surface area (Å²) in [6, 6.07) is 3.09. The second kappa shape index (κ2) is 5.38. The number of carboxylic acid groups (broad SMARTS) is 1. The van der Waals surface area contributed by atoms with E-state index in [1.807, 2.05) is 13.8 Å². The number of rotatable bonds is 4. The minimum Gasteiger partial charge on any atom is -0.478 e. The number of aromatic carboxylic acids is 1. The van der Waals surface area contributed by atoms with Crippen LogP contribution in [0.1, 0.15) is 43.5 Å². The molecule has 0 aliphatic heterocycles. The predicted octanol–water partition coefficient (Wildman–Crippen LogP) is 2.32. The van der Waals surface area contributed by atoms with Crippen molar-refractivity contribution in [3.63, 3.8) is 0 Å². The first kappa shape index (κ1) is 13.5. The van der Waals surface area contributed by atoms with E-state index in [0.717, 1.165) is 19.3 Å². The second-order valence-corrected chi connectivity index (χ2v) is 5.14. The highest BCUT2D eigenvalue weighted by molar-refractivity contribution is 5.95. The minimum atomic E-state index is -1.01. The quantitative estimate of drug-likeness (QED) is 0.904. The lowest BCUT2D eigenvalue weighted by molar-refractivity contribution is -0.125. The molecule has 1 aliphatic carbocycles. The first-order valence-electron chi connectivity index (χ1n) is 6.53. The van der Waals surface area contributed by atoms with Gasteiger partial charge in [0.1, 0.15) is 5.82 Å². The Bertz CT molecular complexity index is 478. The van der Waals surface area contributed by atoms with Gasteiger partial charge in [0.25, 0.3) is 0 Å². The monoisotopic (exact) mass is 262 g/mol. The molecule has 1 aromatic heterocycles. The molecule has 1 aromatic rings. The Morgan fingerprint density at radius 2 is 2.05 bits per heavy atom. The number of aromatic nitrogens is 1. The molecule has 0 aromatic carbocycles. The molecule has 5 heteroatoms. The third-order valence-corrected chi connectivity index (χ3v) is 3.45. The highest BCUT2D eigenvalue weighted by Gasteiger charge is 2.32. The maximum Gasteiger partial charge on any atom is 0.337 e. The van der Waals surface area contributed by atoms with Crippen LogP contribution < -0.4 is 4.90 Å². The standard InChI is InChI=1S/C14H18N2O3/c1-9(2)16(13(17)10-4-3-5-10)12-7-6-11(8-15-12)14(18)19/h6-10H,3-5H2,1-2H3,(H,18,19). The molecule has 0 unspecified atom stereocenters. The molecule has 1 saturated carbocycles. The summed E-state index contributed by atoms with van der Waals surface area (Å²) in [5.74, 6) is -0.294. The van der Waals surface area contributed by atoms with Gasteiger partial charge in [0.2, 0.25) is 5.91 Å². The van der Waals surface area contributed by atoms with Crippen LogP contribution >= 0.6 is 0 Å². The molecule has 2 rings (SSSR count). The predicted molar refractivity (Wildman–Crippen MR) is 71.2 cm³/mol. The Hall–Kier alpha value is -1.91. The summed E-state index contributed by atoms with van der Waals surface area (Å²) in [6.45, 7) is 3.87. The van der Waals surface area contributed by atoms with E-state index in [9.17, 15) is 9.59 Å². The topological polar surface area (TPSA) is 70.5 Å². The van der Waals surface area contributed by atoms with Gasteiger partial charge in [-0.1, -0.05) is 6.42 Å². The molecule has 1 amide bonds. The SMILES string of the molecule is CC(C)N(C(=O)C1CCC1)c1ccc(C(=O)O)cn1. The van der Waals surface area contributed by atoms with Gasteiger partial charge in [-0.3, -0.25) is 9.69 Å². The van der Waals surface area contributed by atoms with E-state index in [1.54, 1.807) is 11.0 Å². The lowest BCUT2D eigenvalue weighted by atomic mass is 9.84. The fourth-order valence-electron chi connectivity index (χ4n) is 2.14. The molecule has 0 saturated heterocycles. The van der Waals surface area contributed by atoms with Crippen LogP contribution in [0.5, 0.6) is 0 Å². The first-order chi connectivity index (χ1) is 9.00. The van der Waals surface area contributed by atoms with Gasteiger partial charge >= 0.3 is 5.97 Å². The zero-order valence-electron chi connectivity index (χ0n) is 11.2. The van der Waals surface area contributed by atoms with E-state index < -0.39 is 5.97 Å². The van der Waals surface area contributed by atoms with Crippen LogP contribution in [0.3, 0.4) is 0 Å². The molecule has 1 aliphatic rings. The van der Waals surface area contributed by atoms with Crippen LogP contribution in [-0.2, 0) is 4.79 Å². The normalized spacial score (nSPS) is 15.1. The molecule has 102 valence electrons. The van der Waals surface area contributed by atoms with E-state index >= 15 is 0 Å². The molecular weight excluding hydrogens is 244 g/mol. The van der Waals surface area contributed by atoms with Crippen molar-refractivity contribution in [2.75, 3.05) is 4.90 Å². The molecule has 19 heavy (non-hydrogen) atoms. The molecule has 0 atom stereocenters. The van der Waals surface area contributed by atoms with Crippen LogP contribution in [0.4, 0.5) is 5.82 Å². The van der Waals surface area contributed by atoms with Crippen LogP contribution in [0, 0.1) is 5.92 Å². The van der Waals surface area contributed by atoms with Crippen molar-refractivity contribution in [3.8, 4) is 0 Å². The zero-order chi connectivity index (χ0) is 14.0. The van der Waals surface area contributed by atoms with Crippen molar-refractivity contribution in [1.29, 1.82) is 0 Å². The van der Waals surface area contributed by atoms with Crippen LogP contribution in [0.2, 0.25) is 0 Å². The number of carbonyl (C=O) groups is 2. The molecular formula is C14H18N2O3. The van der Waals surface area contributed by atoms with E-state index in [1.165, 1.54) is 12.3 Å². The van der Waals surface area contributed by atoms with Crippen molar-refractivity contribution >= 4 is 17.7 Å². The van der Waals surface area contributed by atoms with Crippen LogP contribution in [0.25, 0.3) is 0 Å². The smallest absolute Gasteiger partial charge is 0.337 e. The molecule has 1 heterocycles. The van der Waals surface area contributed by atoms with Gasteiger partial charge in [-0.25, -0.2) is 9.78 Å². The zero-order valence-corrected chi connectivity index (χ0v) is 11.2. The van der Waals surface area contributed by atoms with Crippen molar-refractivity contribution < 1.29 is 14.7 Å². The molecule has 1 fully saturated rings. The summed E-state index contributed by atoms with van der Waals surface area (Å²) in [4.78, 5) is 28.9. The summed E-state index contributed by atoms with van der Waals surface area (Å²) >= 11 is 0. The number of carboxylic acids is 1. The van der Waals surface area contributed by atoms with Gasteiger partial charge in [0, 0.05) is 18.2 Å². The van der Waals surface area contributed by atoms with Gasteiger partial charge in [0.15, 0.2) is 0 Å². The maximum atomic E-state index is 12.4. The Labute approximate surface area is 112 Å². The van der Waals surface area contributed by atoms with E-state index in [-0.39, 0.29) is 23.4 Å². The summed E-state index contributed by atoms with van der Waals surface area (Å²) < 4.78 is 0. The average molecular weight is 262 g/mol. The highest BCUT2D eigenvalue weighted by atomic mass is 16.4. The summed E-state index contributed by atoms with van der Waals surface area (Å²) in [5, 5.41) is 8.85. The van der Waals surface area contributed by atoms with Gasteiger partial charge < -0.3 is 5.11 Å². The number of anilines is 1. The Balaban J connectivity index is 2.23. The number of hydrogen-bond acceptors (Lipinski definition) is 3. The van der Waals surface area contributed by atoms with Crippen molar-refractivity contribution in [2.45, 2.75) is 39.2 Å². The maximum absolute atomic E-state index is 12.4. The summed E-state index contributed by atoms with van der Waals surface area (Å²) in [7, 11) is 0. The summed E-state index contributed by atoms with van der Waals surface area (Å²) in [5.41, 5.74) is 0.128. The molecule has 0 spiro atoms. The highest BCUT2D eigenvalue weighted by Crippen LogP contribution is 2.30. The molecule has 0 radical (unpaired) electrons. The fraction of sp³-hybridized carbons (Fsp3) is 0.500. The van der Waals surface area contributed by atoms with E-state index in [2.05, 4.69) is 4.98 Å². The van der Waals surface area contributed by atoms with Gasteiger partial charge in [0.05, 0.1) is 5.56 Å². The lowest BCUT2D eigenvalue weighted by Crippen LogP contribution is -2.43. The third kappa shape index (κ3) is 2.75. The second-order valence-electron chi connectivity index (χ2n) is 5.14. The molecule has 1 N–H and O–H groups in total. The van der Waals surface area contributed by atoms with E-state index in [0.29, 0.717) is 5.82 Å². The molecule has 0 bridgehead atoms. The number of pyridine rings is 1. The third-order valence-electron chi connectivity index (χ3n) is 3.45. The fourth-order valence-corrected chi connectivity index (χ4v) is 2.14. The number of carbonyl (C=O) groups excluding carboxylic acids is 1. The average Bonchev–Trinajstić information content (AvgIpc) is 2.26. The van der Waals surface area contributed by atoms with Gasteiger partial charge in [-0.2, -0.15) is 0 Å². The number of hydrogen-bond donors (Lipinski definition) is 1. The lowest BCUT2D eigenvalue weighted by Gasteiger charge is -2.33. The van der Waals surface area contributed by atoms with E-state index in [4.69, 9.17) is 5.11 Å². The number of nitrogens with zero attached hydrogens (tertiary/aromatic N) is 2. The van der Waals surface area contributed by atoms with Crippen LogP contribution in [-0.4, -0.2) is 28.0 Å². The Kier molecular flexibility index (Phi) is 3.83. The summed E-state index contributed by atoms with van der Waals surface area (Å²) in [6.07, 6.45) is 4.28. The van der Waals surface area contributed by atoms with Crippen molar-refractivity contribution in [3.05, 3.63) is 23.9 Å². The minimum absolute atomic E-state index is 0.0104.